The summed E-state index contributed by atoms with van der Waals surface area (Å²) < 4.78 is 5.31. The third-order valence-corrected chi connectivity index (χ3v) is 2.76. The highest BCUT2D eigenvalue weighted by Gasteiger charge is 2.26. The number of hydrogen-bond acceptors (Lipinski definition) is 3. The second kappa shape index (κ2) is 2.67. The van der Waals surface area contributed by atoms with Gasteiger partial charge < -0.3 is 15.4 Å². The van der Waals surface area contributed by atoms with Crippen LogP contribution in [0.15, 0.2) is 30.2 Å². The van der Waals surface area contributed by atoms with Crippen molar-refractivity contribution in [3.05, 3.63) is 35.7 Å². The molecule has 0 aliphatic carbocycles. The average Bonchev–Trinajstić information content (AvgIpc) is 2.54. The molecule has 0 aromatic heterocycles. The first-order valence-corrected chi connectivity index (χ1v) is 4.81. The van der Waals surface area contributed by atoms with Crippen LogP contribution in [0.4, 0.5) is 11.4 Å². The number of benzene rings is 1. The van der Waals surface area contributed by atoms with Gasteiger partial charge in [-0.3, -0.25) is 0 Å². The first kappa shape index (κ1) is 7.74. The van der Waals surface area contributed by atoms with E-state index in [9.17, 15) is 0 Å². The minimum atomic E-state index is 0.771. The summed E-state index contributed by atoms with van der Waals surface area (Å²) in [7, 11) is 0. The predicted octanol–water partition coefficient (Wildman–Crippen LogP) is 1.50. The third kappa shape index (κ3) is 0.985. The minimum Gasteiger partial charge on any atom is -0.498 e. The SMILES string of the molecule is Nc1ccc2c(c1)CC1=COCCN12. The van der Waals surface area contributed by atoms with Gasteiger partial charge in [0.25, 0.3) is 0 Å². The molecule has 0 amide bonds. The van der Waals surface area contributed by atoms with Crippen molar-refractivity contribution in [2.24, 2.45) is 0 Å². The number of ether oxygens (including phenoxy) is 1. The van der Waals surface area contributed by atoms with Gasteiger partial charge in [0.2, 0.25) is 0 Å². The molecular weight excluding hydrogens is 176 g/mol. The molecule has 72 valence electrons. The fourth-order valence-electron chi connectivity index (χ4n) is 2.12. The van der Waals surface area contributed by atoms with Crippen LogP contribution in [-0.2, 0) is 11.2 Å². The Morgan fingerprint density at radius 3 is 3.21 bits per heavy atom. The summed E-state index contributed by atoms with van der Waals surface area (Å²) in [5.41, 5.74) is 10.4. The Morgan fingerprint density at radius 1 is 1.36 bits per heavy atom. The molecule has 2 aliphatic rings. The number of hydrogen-bond donors (Lipinski definition) is 1. The van der Waals surface area contributed by atoms with Crippen LogP contribution in [0, 0.1) is 0 Å². The van der Waals surface area contributed by atoms with Crippen LogP contribution in [0.2, 0.25) is 0 Å². The van der Waals surface area contributed by atoms with Crippen LogP contribution in [-0.4, -0.2) is 13.2 Å². The molecule has 3 rings (SSSR count). The van der Waals surface area contributed by atoms with E-state index in [4.69, 9.17) is 10.5 Å². The van der Waals surface area contributed by atoms with Crippen LogP contribution in [0.5, 0.6) is 0 Å². The number of rotatable bonds is 0. The Balaban J connectivity index is 2.10. The van der Waals surface area contributed by atoms with Crippen molar-refractivity contribution in [1.82, 2.24) is 0 Å². The lowest BCUT2D eigenvalue weighted by molar-refractivity contribution is 0.240. The maximum atomic E-state index is 5.75. The van der Waals surface area contributed by atoms with Gasteiger partial charge in [0.1, 0.15) is 12.9 Å². The zero-order chi connectivity index (χ0) is 9.54. The molecular formula is C11H12N2O. The van der Waals surface area contributed by atoms with E-state index in [2.05, 4.69) is 17.0 Å². The van der Waals surface area contributed by atoms with E-state index in [-0.39, 0.29) is 0 Å². The van der Waals surface area contributed by atoms with E-state index >= 15 is 0 Å². The van der Waals surface area contributed by atoms with Gasteiger partial charge in [0, 0.05) is 17.8 Å². The molecule has 2 aliphatic heterocycles. The molecule has 0 radical (unpaired) electrons. The van der Waals surface area contributed by atoms with E-state index < -0.39 is 0 Å². The summed E-state index contributed by atoms with van der Waals surface area (Å²) in [4.78, 5) is 2.30. The standard InChI is InChI=1S/C11H12N2O/c12-9-1-2-11-8(5-9)6-10-7-14-4-3-13(10)11/h1-2,5,7H,3-4,6,12H2. The smallest absolute Gasteiger partial charge is 0.105 e. The number of anilines is 2. The topological polar surface area (TPSA) is 38.5 Å². The summed E-state index contributed by atoms with van der Waals surface area (Å²) in [5, 5.41) is 0. The van der Waals surface area contributed by atoms with Crippen LogP contribution < -0.4 is 10.6 Å². The number of allylic oxidation sites excluding steroid dienone is 1. The third-order valence-electron chi connectivity index (χ3n) is 2.76. The summed E-state index contributed by atoms with van der Waals surface area (Å²) in [6, 6.07) is 6.10. The van der Waals surface area contributed by atoms with Crippen LogP contribution in [0.1, 0.15) is 5.56 Å². The Morgan fingerprint density at radius 2 is 2.29 bits per heavy atom. The maximum absolute atomic E-state index is 5.75. The normalized spacial score (nSPS) is 18.3. The number of nitrogens with zero attached hydrogens (tertiary/aromatic N) is 1. The lowest BCUT2D eigenvalue weighted by Gasteiger charge is -2.24. The van der Waals surface area contributed by atoms with Crippen molar-refractivity contribution < 1.29 is 4.74 Å². The van der Waals surface area contributed by atoms with Crippen molar-refractivity contribution >= 4 is 11.4 Å². The van der Waals surface area contributed by atoms with Crippen molar-refractivity contribution in [1.29, 1.82) is 0 Å². The molecule has 1 aromatic carbocycles. The lowest BCUT2D eigenvalue weighted by atomic mass is 10.1. The fourth-order valence-corrected chi connectivity index (χ4v) is 2.12. The molecule has 0 fully saturated rings. The van der Waals surface area contributed by atoms with Crippen molar-refractivity contribution in [2.75, 3.05) is 23.8 Å². The van der Waals surface area contributed by atoms with Crippen LogP contribution >= 0.6 is 0 Å². The molecule has 0 bridgehead atoms. The molecule has 0 saturated carbocycles. The molecule has 1 aromatic rings. The average molecular weight is 188 g/mol. The molecule has 2 heterocycles. The molecule has 0 atom stereocenters. The van der Waals surface area contributed by atoms with Gasteiger partial charge in [-0.2, -0.15) is 0 Å². The summed E-state index contributed by atoms with van der Waals surface area (Å²) >= 11 is 0. The highest BCUT2D eigenvalue weighted by molar-refractivity contribution is 5.68. The molecule has 0 unspecified atom stereocenters. The van der Waals surface area contributed by atoms with Gasteiger partial charge in [0.05, 0.1) is 12.2 Å². The van der Waals surface area contributed by atoms with Crippen molar-refractivity contribution in [3.8, 4) is 0 Å². The quantitative estimate of drug-likeness (QED) is 0.627. The first-order chi connectivity index (χ1) is 6.84. The number of nitrogens with two attached hydrogens (primary N) is 1. The second-order valence-electron chi connectivity index (χ2n) is 3.70. The molecule has 3 heteroatoms. The summed E-state index contributed by atoms with van der Waals surface area (Å²) in [5.74, 6) is 0. The van der Waals surface area contributed by atoms with E-state index in [1.807, 2.05) is 12.3 Å². The van der Waals surface area contributed by atoms with Crippen molar-refractivity contribution in [3.63, 3.8) is 0 Å². The van der Waals surface area contributed by atoms with Gasteiger partial charge in [-0.05, 0) is 23.8 Å². The van der Waals surface area contributed by atoms with Gasteiger partial charge in [-0.25, -0.2) is 0 Å². The highest BCUT2D eigenvalue weighted by atomic mass is 16.5. The first-order valence-electron chi connectivity index (χ1n) is 4.81. The Kier molecular flexibility index (Phi) is 1.48. The predicted molar refractivity (Wildman–Crippen MR) is 55.9 cm³/mol. The number of nitrogen functional groups attached to an aromatic ring is 1. The maximum Gasteiger partial charge on any atom is 0.105 e. The van der Waals surface area contributed by atoms with E-state index in [0.29, 0.717) is 0 Å². The van der Waals surface area contributed by atoms with E-state index in [1.54, 1.807) is 0 Å². The van der Waals surface area contributed by atoms with Gasteiger partial charge in [-0.15, -0.1) is 0 Å². The van der Waals surface area contributed by atoms with Crippen LogP contribution in [0.25, 0.3) is 0 Å². The van der Waals surface area contributed by atoms with Gasteiger partial charge in [0.15, 0.2) is 0 Å². The molecule has 0 saturated heterocycles. The largest absolute Gasteiger partial charge is 0.498 e. The lowest BCUT2D eigenvalue weighted by Crippen LogP contribution is -2.27. The number of fused-ring (bicyclic) bond motifs is 3. The Hall–Kier alpha value is -1.64. The Labute approximate surface area is 82.8 Å². The minimum absolute atomic E-state index is 0.771. The van der Waals surface area contributed by atoms with E-state index in [0.717, 1.165) is 25.3 Å². The fraction of sp³-hybridized carbons (Fsp3) is 0.273. The zero-order valence-electron chi connectivity index (χ0n) is 7.86. The highest BCUT2D eigenvalue weighted by Crippen LogP contribution is 2.36. The molecule has 0 spiro atoms. The molecule has 3 nitrogen and oxygen atoms in total. The molecule has 14 heavy (non-hydrogen) atoms. The Bertz CT molecular complexity index is 412. The van der Waals surface area contributed by atoms with Gasteiger partial charge in [-0.1, -0.05) is 0 Å². The molecule has 2 N–H and O–H groups in total. The van der Waals surface area contributed by atoms with E-state index in [1.165, 1.54) is 16.9 Å². The monoisotopic (exact) mass is 188 g/mol. The van der Waals surface area contributed by atoms with Crippen LogP contribution in [0.3, 0.4) is 0 Å². The second-order valence-corrected chi connectivity index (χ2v) is 3.70. The van der Waals surface area contributed by atoms with Crippen molar-refractivity contribution in [2.45, 2.75) is 6.42 Å². The summed E-state index contributed by atoms with van der Waals surface area (Å²) in [6.07, 6.45) is 2.81. The summed E-state index contributed by atoms with van der Waals surface area (Å²) in [6.45, 7) is 1.72. The van der Waals surface area contributed by atoms with Gasteiger partial charge >= 0.3 is 0 Å². The zero-order valence-corrected chi connectivity index (χ0v) is 7.86.